The van der Waals surface area contributed by atoms with Crippen LogP contribution < -0.4 is 9.46 Å². The Bertz CT molecular complexity index is 755. The van der Waals surface area contributed by atoms with Gasteiger partial charge < -0.3 is 14.4 Å². The molecule has 1 atom stereocenters. The van der Waals surface area contributed by atoms with E-state index in [4.69, 9.17) is 9.47 Å². The predicted molar refractivity (Wildman–Crippen MR) is 98.8 cm³/mol. The van der Waals surface area contributed by atoms with Crippen molar-refractivity contribution in [3.8, 4) is 5.75 Å². The highest BCUT2D eigenvalue weighted by Gasteiger charge is 2.33. The van der Waals surface area contributed by atoms with Crippen molar-refractivity contribution in [2.75, 3.05) is 33.4 Å². The van der Waals surface area contributed by atoms with Crippen LogP contribution in [-0.4, -0.2) is 58.7 Å². The number of nitrogens with zero attached hydrogens (tertiary/aromatic N) is 1. The molecule has 1 saturated heterocycles. The largest absolute Gasteiger partial charge is 0.496 e. The molecule has 146 valence electrons. The molecule has 0 bridgehead atoms. The zero-order valence-electron chi connectivity index (χ0n) is 16.0. The monoisotopic (exact) mass is 384 g/mol. The van der Waals surface area contributed by atoms with Crippen molar-refractivity contribution >= 4 is 15.9 Å². The van der Waals surface area contributed by atoms with E-state index in [-0.39, 0.29) is 16.7 Å². The first-order valence-corrected chi connectivity index (χ1v) is 10.2. The molecule has 1 fully saturated rings. The Labute approximate surface area is 155 Å². The molecule has 0 unspecified atom stereocenters. The Balaban J connectivity index is 2.29. The first-order valence-electron chi connectivity index (χ1n) is 8.71. The molecule has 26 heavy (non-hydrogen) atoms. The van der Waals surface area contributed by atoms with Gasteiger partial charge in [-0.05, 0) is 43.0 Å². The van der Waals surface area contributed by atoms with Crippen molar-refractivity contribution in [2.45, 2.75) is 38.6 Å². The van der Waals surface area contributed by atoms with Crippen molar-refractivity contribution in [1.29, 1.82) is 0 Å². The number of hydrogen-bond acceptors (Lipinski definition) is 5. The SMILES string of the molecule is COc1cc(C)c(S(=O)(=O)N[C@@H](C(=O)N2CCOCC2)C(C)C)cc1C. The van der Waals surface area contributed by atoms with Crippen LogP contribution in [0.25, 0.3) is 0 Å². The summed E-state index contributed by atoms with van der Waals surface area (Å²) in [5.74, 6) is 0.237. The molecule has 1 aromatic carbocycles. The Hall–Kier alpha value is -1.64. The number of sulfonamides is 1. The third-order valence-electron chi connectivity index (χ3n) is 4.52. The molecule has 1 N–H and O–H groups in total. The number of morpholine rings is 1. The molecule has 2 rings (SSSR count). The van der Waals surface area contributed by atoms with Gasteiger partial charge in [-0.3, -0.25) is 4.79 Å². The van der Waals surface area contributed by atoms with Crippen LogP contribution in [0.15, 0.2) is 17.0 Å². The summed E-state index contributed by atoms with van der Waals surface area (Å²) in [5.41, 5.74) is 1.29. The quantitative estimate of drug-likeness (QED) is 0.803. The maximum atomic E-state index is 13.0. The third kappa shape index (κ3) is 4.55. The van der Waals surface area contributed by atoms with Gasteiger partial charge in [0, 0.05) is 13.1 Å². The van der Waals surface area contributed by atoms with Gasteiger partial charge in [0.2, 0.25) is 15.9 Å². The van der Waals surface area contributed by atoms with Gasteiger partial charge in [0.05, 0.1) is 25.2 Å². The van der Waals surface area contributed by atoms with Gasteiger partial charge in [0.15, 0.2) is 0 Å². The topological polar surface area (TPSA) is 84.9 Å². The molecule has 0 aromatic heterocycles. The van der Waals surface area contributed by atoms with Crippen LogP contribution in [0.5, 0.6) is 5.75 Å². The van der Waals surface area contributed by atoms with Crippen LogP contribution in [0, 0.1) is 19.8 Å². The molecule has 0 radical (unpaired) electrons. The van der Waals surface area contributed by atoms with Crippen molar-refractivity contribution in [3.63, 3.8) is 0 Å². The zero-order chi connectivity index (χ0) is 19.5. The number of amides is 1. The molecule has 1 heterocycles. The van der Waals surface area contributed by atoms with E-state index in [2.05, 4.69) is 4.72 Å². The molecule has 0 spiro atoms. The molecule has 0 aliphatic carbocycles. The summed E-state index contributed by atoms with van der Waals surface area (Å²) in [6.07, 6.45) is 0. The van der Waals surface area contributed by atoms with Crippen LogP contribution in [0.4, 0.5) is 0 Å². The van der Waals surface area contributed by atoms with E-state index >= 15 is 0 Å². The van der Waals surface area contributed by atoms with E-state index < -0.39 is 16.1 Å². The minimum Gasteiger partial charge on any atom is -0.496 e. The number of carbonyl (C=O) groups excluding carboxylic acids is 1. The Morgan fingerprint density at radius 2 is 1.81 bits per heavy atom. The smallest absolute Gasteiger partial charge is 0.241 e. The van der Waals surface area contributed by atoms with Gasteiger partial charge >= 0.3 is 0 Å². The lowest BCUT2D eigenvalue weighted by Gasteiger charge is -2.32. The number of hydrogen-bond donors (Lipinski definition) is 1. The average molecular weight is 384 g/mol. The lowest BCUT2D eigenvalue weighted by Crippen LogP contribution is -2.53. The molecule has 1 aliphatic rings. The maximum Gasteiger partial charge on any atom is 0.241 e. The second kappa shape index (κ2) is 8.37. The van der Waals surface area contributed by atoms with Crippen LogP contribution in [-0.2, 0) is 19.6 Å². The number of methoxy groups -OCH3 is 1. The molecule has 1 aromatic rings. The summed E-state index contributed by atoms with van der Waals surface area (Å²) in [6, 6.07) is 2.45. The minimum absolute atomic E-state index is 0.163. The highest BCUT2D eigenvalue weighted by Crippen LogP contribution is 2.26. The Kier molecular flexibility index (Phi) is 6.65. The average Bonchev–Trinajstić information content (AvgIpc) is 2.61. The van der Waals surface area contributed by atoms with E-state index in [1.54, 1.807) is 38.0 Å². The summed E-state index contributed by atoms with van der Waals surface area (Å²) in [7, 11) is -2.31. The van der Waals surface area contributed by atoms with Crippen LogP contribution >= 0.6 is 0 Å². The van der Waals surface area contributed by atoms with Crippen LogP contribution in [0.1, 0.15) is 25.0 Å². The molecule has 1 amide bonds. The molecule has 7 nitrogen and oxygen atoms in total. The number of ether oxygens (including phenoxy) is 2. The summed E-state index contributed by atoms with van der Waals surface area (Å²) in [6.45, 7) is 9.06. The van der Waals surface area contributed by atoms with E-state index in [0.29, 0.717) is 37.6 Å². The lowest BCUT2D eigenvalue weighted by molar-refractivity contribution is -0.138. The Morgan fingerprint density at radius 1 is 1.19 bits per heavy atom. The van der Waals surface area contributed by atoms with E-state index in [9.17, 15) is 13.2 Å². The number of carbonyl (C=O) groups is 1. The van der Waals surface area contributed by atoms with Gasteiger partial charge in [0.1, 0.15) is 11.8 Å². The summed E-state index contributed by atoms with van der Waals surface area (Å²) < 4.78 is 39.0. The van der Waals surface area contributed by atoms with Gasteiger partial charge in [0.25, 0.3) is 0 Å². The number of rotatable bonds is 6. The zero-order valence-corrected chi connectivity index (χ0v) is 16.9. The summed E-state index contributed by atoms with van der Waals surface area (Å²) >= 11 is 0. The van der Waals surface area contributed by atoms with Gasteiger partial charge in [-0.1, -0.05) is 13.8 Å². The van der Waals surface area contributed by atoms with Crippen molar-refractivity contribution in [3.05, 3.63) is 23.3 Å². The van der Waals surface area contributed by atoms with Gasteiger partial charge in [-0.15, -0.1) is 0 Å². The molecule has 8 heteroatoms. The van der Waals surface area contributed by atoms with Crippen molar-refractivity contribution < 1.29 is 22.7 Å². The fraction of sp³-hybridized carbons (Fsp3) is 0.611. The van der Waals surface area contributed by atoms with Gasteiger partial charge in [-0.25, -0.2) is 8.42 Å². The number of aryl methyl sites for hydroxylation is 2. The van der Waals surface area contributed by atoms with E-state index in [0.717, 1.165) is 5.56 Å². The molecular weight excluding hydrogens is 356 g/mol. The highest BCUT2D eigenvalue weighted by atomic mass is 32.2. The number of nitrogens with one attached hydrogen (secondary N) is 1. The van der Waals surface area contributed by atoms with Crippen molar-refractivity contribution in [1.82, 2.24) is 9.62 Å². The predicted octanol–water partition coefficient (Wildman–Crippen LogP) is 1.47. The van der Waals surface area contributed by atoms with Gasteiger partial charge in [-0.2, -0.15) is 4.72 Å². The second-order valence-corrected chi connectivity index (χ2v) is 8.55. The normalized spacial score (nSPS) is 16.6. The van der Waals surface area contributed by atoms with E-state index in [1.165, 1.54) is 0 Å². The fourth-order valence-electron chi connectivity index (χ4n) is 2.96. The second-order valence-electron chi connectivity index (χ2n) is 6.87. The third-order valence-corrected chi connectivity index (χ3v) is 6.10. The molecule has 0 saturated carbocycles. The lowest BCUT2D eigenvalue weighted by atomic mass is 10.0. The van der Waals surface area contributed by atoms with Crippen molar-refractivity contribution in [2.24, 2.45) is 5.92 Å². The highest BCUT2D eigenvalue weighted by molar-refractivity contribution is 7.89. The minimum atomic E-state index is -3.85. The first-order chi connectivity index (χ1) is 12.2. The fourth-order valence-corrected chi connectivity index (χ4v) is 4.60. The summed E-state index contributed by atoms with van der Waals surface area (Å²) in [4.78, 5) is 14.6. The van der Waals surface area contributed by atoms with E-state index in [1.807, 2.05) is 13.8 Å². The standard InChI is InChI=1S/C18H28N2O5S/c1-12(2)17(18(21)20-6-8-25-9-7-20)19-26(22,23)16-11-13(3)15(24-5)10-14(16)4/h10-12,17,19H,6-9H2,1-5H3/t17-/m1/s1. The number of benzene rings is 1. The Morgan fingerprint density at radius 3 is 2.35 bits per heavy atom. The first kappa shape index (κ1) is 20.7. The molecule has 1 aliphatic heterocycles. The maximum absolute atomic E-state index is 13.0. The molecular formula is C18H28N2O5S. The van der Waals surface area contributed by atoms with Crippen LogP contribution in [0.2, 0.25) is 0 Å². The summed E-state index contributed by atoms with van der Waals surface area (Å²) in [5, 5.41) is 0. The van der Waals surface area contributed by atoms with Crippen LogP contribution in [0.3, 0.4) is 0 Å².